The summed E-state index contributed by atoms with van der Waals surface area (Å²) < 4.78 is 44.9. The first kappa shape index (κ1) is 19.9. The lowest BCUT2D eigenvalue weighted by Crippen LogP contribution is -2.33. The van der Waals surface area contributed by atoms with Gasteiger partial charge in [0.2, 0.25) is 10.0 Å². The van der Waals surface area contributed by atoms with Crippen molar-refractivity contribution in [2.24, 2.45) is 0 Å². The van der Waals surface area contributed by atoms with Crippen LogP contribution >= 0.6 is 0 Å². The van der Waals surface area contributed by atoms with E-state index in [-0.39, 0.29) is 16.5 Å². The monoisotopic (exact) mass is 380 g/mol. The van der Waals surface area contributed by atoms with Crippen LogP contribution in [0.3, 0.4) is 0 Å². The number of methoxy groups -OCH3 is 1. The van der Waals surface area contributed by atoms with E-state index >= 15 is 0 Å². The lowest BCUT2D eigenvalue weighted by atomic mass is 10.2. The zero-order chi connectivity index (χ0) is 19.5. The largest absolute Gasteiger partial charge is 0.497 e. The van der Waals surface area contributed by atoms with Gasteiger partial charge in [0, 0.05) is 24.8 Å². The Bertz CT molecular complexity index is 896. The Morgan fingerprint density at radius 2 is 1.77 bits per heavy atom. The van der Waals surface area contributed by atoms with Gasteiger partial charge in [-0.05, 0) is 50.2 Å². The maximum atomic E-state index is 13.9. The van der Waals surface area contributed by atoms with Gasteiger partial charge in [0.15, 0.2) is 0 Å². The van der Waals surface area contributed by atoms with Crippen LogP contribution in [0.1, 0.15) is 24.2 Å². The number of nitrogens with one attached hydrogen (secondary N) is 1. The Morgan fingerprint density at radius 3 is 2.27 bits per heavy atom. The number of carbonyl (C=O) groups is 1. The fourth-order valence-corrected chi connectivity index (χ4v) is 3.53. The summed E-state index contributed by atoms with van der Waals surface area (Å²) in [6.07, 6.45) is 0. The second kappa shape index (κ2) is 7.84. The van der Waals surface area contributed by atoms with E-state index in [0.29, 0.717) is 11.4 Å². The molecule has 0 aliphatic heterocycles. The van der Waals surface area contributed by atoms with Crippen molar-refractivity contribution in [3.05, 3.63) is 53.8 Å². The maximum absolute atomic E-state index is 13.9. The maximum Gasteiger partial charge on any atom is 0.258 e. The van der Waals surface area contributed by atoms with Crippen LogP contribution in [0, 0.1) is 5.82 Å². The summed E-state index contributed by atoms with van der Waals surface area (Å²) in [6.45, 7) is 3.55. The number of halogens is 1. The molecule has 140 valence electrons. The highest BCUT2D eigenvalue weighted by atomic mass is 32.2. The molecule has 0 fully saturated rings. The number of hydrogen-bond acceptors (Lipinski definition) is 4. The third kappa shape index (κ3) is 4.20. The van der Waals surface area contributed by atoms with Crippen LogP contribution in [0.5, 0.6) is 5.75 Å². The number of ether oxygens (including phenoxy) is 1. The average Bonchev–Trinajstić information content (AvgIpc) is 2.61. The predicted octanol–water partition coefficient (Wildman–Crippen LogP) is 3.12. The van der Waals surface area contributed by atoms with Crippen LogP contribution in [-0.2, 0) is 10.0 Å². The summed E-state index contributed by atoms with van der Waals surface area (Å²) in [4.78, 5) is 12.3. The first-order chi connectivity index (χ1) is 12.2. The molecule has 2 aromatic rings. The van der Waals surface area contributed by atoms with Crippen molar-refractivity contribution in [3.8, 4) is 5.75 Å². The molecule has 1 N–H and O–H groups in total. The standard InChI is InChI=1S/C18H21FN2O4S/c1-12(2)21(3)26(23,24)15-8-5-13(6-9-15)20-18(22)16-10-7-14(25-4)11-17(16)19/h5-12H,1-4H3,(H,20,22). The second-order valence-corrected chi connectivity index (χ2v) is 7.94. The van der Waals surface area contributed by atoms with E-state index in [0.717, 1.165) is 6.07 Å². The molecule has 0 aliphatic carbocycles. The number of hydrogen-bond donors (Lipinski definition) is 1. The van der Waals surface area contributed by atoms with Crippen LogP contribution in [-0.4, -0.2) is 38.8 Å². The van der Waals surface area contributed by atoms with Crippen molar-refractivity contribution in [3.63, 3.8) is 0 Å². The van der Waals surface area contributed by atoms with E-state index in [1.54, 1.807) is 13.8 Å². The van der Waals surface area contributed by atoms with Gasteiger partial charge >= 0.3 is 0 Å². The molecule has 0 heterocycles. The normalized spacial score (nSPS) is 11.7. The van der Waals surface area contributed by atoms with Crippen molar-refractivity contribution < 1.29 is 22.3 Å². The van der Waals surface area contributed by atoms with Gasteiger partial charge in [0.1, 0.15) is 11.6 Å². The second-order valence-electron chi connectivity index (χ2n) is 5.94. The number of carbonyl (C=O) groups excluding carboxylic acids is 1. The number of rotatable bonds is 6. The van der Waals surface area contributed by atoms with E-state index < -0.39 is 21.7 Å². The first-order valence-electron chi connectivity index (χ1n) is 7.90. The third-order valence-corrected chi connectivity index (χ3v) is 5.99. The predicted molar refractivity (Wildman–Crippen MR) is 97.4 cm³/mol. The molecule has 0 radical (unpaired) electrons. The zero-order valence-corrected chi connectivity index (χ0v) is 15.8. The van der Waals surface area contributed by atoms with Gasteiger partial charge in [-0.15, -0.1) is 0 Å². The number of sulfonamides is 1. The molecule has 26 heavy (non-hydrogen) atoms. The van der Waals surface area contributed by atoms with Gasteiger partial charge in [0.05, 0.1) is 17.6 Å². The molecule has 0 unspecified atom stereocenters. The summed E-state index contributed by atoms with van der Waals surface area (Å²) in [5.41, 5.74) is 0.221. The number of nitrogens with zero attached hydrogens (tertiary/aromatic N) is 1. The lowest BCUT2D eigenvalue weighted by Gasteiger charge is -2.21. The van der Waals surface area contributed by atoms with Crippen LogP contribution in [0.15, 0.2) is 47.4 Å². The topological polar surface area (TPSA) is 75.7 Å². The van der Waals surface area contributed by atoms with Gasteiger partial charge in [0.25, 0.3) is 5.91 Å². The Kier molecular flexibility index (Phi) is 5.99. The van der Waals surface area contributed by atoms with Crippen molar-refractivity contribution in [1.82, 2.24) is 4.31 Å². The lowest BCUT2D eigenvalue weighted by molar-refractivity contribution is 0.102. The molecule has 0 saturated heterocycles. The summed E-state index contributed by atoms with van der Waals surface area (Å²) in [5, 5.41) is 2.54. The molecule has 0 aromatic heterocycles. The molecular weight excluding hydrogens is 359 g/mol. The molecule has 0 bridgehead atoms. The van der Waals surface area contributed by atoms with E-state index in [1.165, 1.54) is 54.9 Å². The molecule has 0 spiro atoms. The molecule has 6 nitrogen and oxygen atoms in total. The van der Waals surface area contributed by atoms with Crippen molar-refractivity contribution in [2.75, 3.05) is 19.5 Å². The van der Waals surface area contributed by atoms with Gasteiger partial charge in [-0.2, -0.15) is 4.31 Å². The van der Waals surface area contributed by atoms with Crippen molar-refractivity contribution >= 4 is 21.6 Å². The van der Waals surface area contributed by atoms with Crippen LogP contribution in [0.4, 0.5) is 10.1 Å². The molecule has 0 aliphatic rings. The number of anilines is 1. The Morgan fingerprint density at radius 1 is 1.15 bits per heavy atom. The van der Waals surface area contributed by atoms with Crippen molar-refractivity contribution in [2.45, 2.75) is 24.8 Å². The van der Waals surface area contributed by atoms with Gasteiger partial charge < -0.3 is 10.1 Å². The Labute approximate surface area is 152 Å². The molecule has 2 rings (SSSR count). The van der Waals surface area contributed by atoms with Crippen LogP contribution < -0.4 is 10.1 Å². The molecule has 2 aromatic carbocycles. The molecule has 0 saturated carbocycles. The molecule has 1 amide bonds. The molecular formula is C18H21FN2O4S. The minimum absolute atomic E-state index is 0.113. The minimum Gasteiger partial charge on any atom is -0.497 e. The summed E-state index contributed by atoms with van der Waals surface area (Å²) in [6, 6.07) is 9.45. The Hall–Kier alpha value is -2.45. The highest BCUT2D eigenvalue weighted by molar-refractivity contribution is 7.89. The fraction of sp³-hybridized carbons (Fsp3) is 0.278. The Balaban J connectivity index is 2.18. The molecule has 0 atom stereocenters. The van der Waals surface area contributed by atoms with E-state index in [9.17, 15) is 17.6 Å². The van der Waals surface area contributed by atoms with E-state index in [4.69, 9.17) is 4.74 Å². The van der Waals surface area contributed by atoms with Gasteiger partial charge in [-0.1, -0.05) is 0 Å². The summed E-state index contributed by atoms with van der Waals surface area (Å²) >= 11 is 0. The smallest absolute Gasteiger partial charge is 0.258 e. The van der Waals surface area contributed by atoms with E-state index in [1.807, 2.05) is 0 Å². The highest BCUT2D eigenvalue weighted by Gasteiger charge is 2.23. The van der Waals surface area contributed by atoms with Crippen LogP contribution in [0.25, 0.3) is 0 Å². The number of amides is 1. The SMILES string of the molecule is COc1ccc(C(=O)Nc2ccc(S(=O)(=O)N(C)C(C)C)cc2)c(F)c1. The van der Waals surface area contributed by atoms with E-state index in [2.05, 4.69) is 5.32 Å². The third-order valence-electron chi connectivity index (χ3n) is 3.94. The van der Waals surface area contributed by atoms with Crippen LogP contribution in [0.2, 0.25) is 0 Å². The van der Waals surface area contributed by atoms with Crippen molar-refractivity contribution in [1.29, 1.82) is 0 Å². The summed E-state index contributed by atoms with van der Waals surface area (Å²) in [7, 11) is -0.698. The molecule has 8 heteroatoms. The number of benzene rings is 2. The average molecular weight is 380 g/mol. The fourth-order valence-electron chi connectivity index (χ4n) is 2.16. The minimum atomic E-state index is -3.60. The summed E-state index contributed by atoms with van der Waals surface area (Å²) in [5.74, 6) is -1.04. The zero-order valence-electron chi connectivity index (χ0n) is 15.0. The highest BCUT2D eigenvalue weighted by Crippen LogP contribution is 2.21. The first-order valence-corrected chi connectivity index (χ1v) is 9.34. The van der Waals surface area contributed by atoms with Gasteiger partial charge in [-0.25, -0.2) is 12.8 Å². The van der Waals surface area contributed by atoms with Gasteiger partial charge in [-0.3, -0.25) is 4.79 Å². The quantitative estimate of drug-likeness (QED) is 0.835.